The molecule has 2 aliphatic carbocycles. The first kappa shape index (κ1) is 14.3. The summed E-state index contributed by atoms with van der Waals surface area (Å²) in [6.45, 7) is 6.01. The predicted octanol–water partition coefficient (Wildman–Crippen LogP) is 3.47. The summed E-state index contributed by atoms with van der Waals surface area (Å²) in [6, 6.07) is 0.775. The Labute approximate surface area is 113 Å². The van der Waals surface area contributed by atoms with Crippen LogP contribution in [0.1, 0.15) is 71.6 Å². The van der Waals surface area contributed by atoms with Gasteiger partial charge in [-0.05, 0) is 57.5 Å². The molecule has 0 saturated heterocycles. The van der Waals surface area contributed by atoms with Crippen molar-refractivity contribution in [1.29, 1.82) is 0 Å². The Morgan fingerprint density at radius 3 is 2.33 bits per heavy atom. The van der Waals surface area contributed by atoms with Gasteiger partial charge in [0.25, 0.3) is 0 Å². The molecule has 2 rings (SSSR count). The van der Waals surface area contributed by atoms with Crippen LogP contribution in [0, 0.1) is 5.41 Å². The van der Waals surface area contributed by atoms with Crippen LogP contribution >= 0.6 is 0 Å². The summed E-state index contributed by atoms with van der Waals surface area (Å²) in [5.74, 6) is 0. The average Bonchev–Trinajstić information content (AvgIpc) is 2.70. The van der Waals surface area contributed by atoms with Crippen molar-refractivity contribution in [3.63, 3.8) is 0 Å². The van der Waals surface area contributed by atoms with Crippen LogP contribution in [0.4, 0.5) is 0 Å². The van der Waals surface area contributed by atoms with Gasteiger partial charge in [0.15, 0.2) is 0 Å². The number of hydrogen-bond donors (Lipinski definition) is 2. The fraction of sp³-hybridized carbons (Fsp3) is 1.00. The lowest BCUT2D eigenvalue weighted by Crippen LogP contribution is -2.47. The molecule has 0 aromatic carbocycles. The van der Waals surface area contributed by atoms with Crippen molar-refractivity contribution in [2.75, 3.05) is 13.6 Å². The minimum atomic E-state index is 0.444. The molecular weight excluding hydrogens is 220 g/mol. The lowest BCUT2D eigenvalue weighted by molar-refractivity contribution is 0.225. The maximum absolute atomic E-state index is 3.80. The molecule has 2 N–H and O–H groups in total. The zero-order chi connectivity index (χ0) is 13.1. The molecule has 2 saturated carbocycles. The second-order valence-electron chi connectivity index (χ2n) is 7.40. The van der Waals surface area contributed by atoms with Gasteiger partial charge in [0.2, 0.25) is 0 Å². The SMILES string of the molecule is CNC1(CCNC2CCC(C)(C)C2)CCCCC1. The second kappa shape index (κ2) is 5.92. The molecule has 0 spiro atoms. The third-order valence-corrected chi connectivity index (χ3v) is 5.35. The first-order valence-corrected chi connectivity index (χ1v) is 7.98. The van der Waals surface area contributed by atoms with Crippen molar-refractivity contribution in [2.24, 2.45) is 5.41 Å². The van der Waals surface area contributed by atoms with E-state index in [9.17, 15) is 0 Å². The molecule has 1 atom stereocenters. The molecule has 0 aliphatic heterocycles. The van der Waals surface area contributed by atoms with E-state index < -0.39 is 0 Å². The topological polar surface area (TPSA) is 24.1 Å². The molecule has 1 unspecified atom stereocenters. The van der Waals surface area contributed by atoms with Crippen LogP contribution in [0.3, 0.4) is 0 Å². The van der Waals surface area contributed by atoms with E-state index in [2.05, 4.69) is 31.5 Å². The second-order valence-corrected chi connectivity index (χ2v) is 7.40. The highest BCUT2D eigenvalue weighted by atomic mass is 15.0. The van der Waals surface area contributed by atoms with Gasteiger partial charge in [-0.25, -0.2) is 0 Å². The molecular formula is C16H32N2. The van der Waals surface area contributed by atoms with Gasteiger partial charge in [-0.1, -0.05) is 33.1 Å². The van der Waals surface area contributed by atoms with Crippen LogP contribution in [0.2, 0.25) is 0 Å². The number of rotatable bonds is 5. The maximum atomic E-state index is 3.80. The van der Waals surface area contributed by atoms with E-state index >= 15 is 0 Å². The van der Waals surface area contributed by atoms with Crippen LogP contribution in [0.15, 0.2) is 0 Å². The Balaban J connectivity index is 1.71. The summed E-state index contributed by atoms with van der Waals surface area (Å²) in [7, 11) is 2.16. The number of nitrogens with one attached hydrogen (secondary N) is 2. The first-order chi connectivity index (χ1) is 8.55. The molecule has 2 heteroatoms. The Hall–Kier alpha value is -0.0800. The molecule has 2 aliphatic rings. The van der Waals surface area contributed by atoms with Gasteiger partial charge in [0.1, 0.15) is 0 Å². The van der Waals surface area contributed by atoms with Crippen LogP contribution in [0.25, 0.3) is 0 Å². The molecule has 2 fully saturated rings. The van der Waals surface area contributed by atoms with E-state index in [0.717, 1.165) is 6.04 Å². The summed E-state index contributed by atoms with van der Waals surface area (Å²) < 4.78 is 0. The van der Waals surface area contributed by atoms with Gasteiger partial charge < -0.3 is 10.6 Å². The van der Waals surface area contributed by atoms with Crippen LogP contribution < -0.4 is 10.6 Å². The average molecular weight is 252 g/mol. The molecule has 2 nitrogen and oxygen atoms in total. The fourth-order valence-electron chi connectivity index (χ4n) is 3.98. The first-order valence-electron chi connectivity index (χ1n) is 7.98. The lowest BCUT2D eigenvalue weighted by Gasteiger charge is -2.37. The van der Waals surface area contributed by atoms with E-state index in [1.807, 2.05) is 0 Å². The maximum Gasteiger partial charge on any atom is 0.0190 e. The van der Waals surface area contributed by atoms with E-state index in [1.54, 1.807) is 0 Å². The molecule has 0 amide bonds. The van der Waals surface area contributed by atoms with E-state index in [0.29, 0.717) is 11.0 Å². The number of hydrogen-bond acceptors (Lipinski definition) is 2. The highest BCUT2D eigenvalue weighted by Gasteiger charge is 2.32. The zero-order valence-corrected chi connectivity index (χ0v) is 12.6. The Morgan fingerprint density at radius 1 is 1.06 bits per heavy atom. The normalized spacial score (nSPS) is 30.5. The smallest absolute Gasteiger partial charge is 0.0190 e. The van der Waals surface area contributed by atoms with Crippen LogP contribution in [-0.4, -0.2) is 25.2 Å². The Kier molecular flexibility index (Phi) is 4.71. The molecule has 0 radical (unpaired) electrons. The van der Waals surface area contributed by atoms with Gasteiger partial charge in [-0.3, -0.25) is 0 Å². The lowest BCUT2D eigenvalue weighted by atomic mass is 9.79. The zero-order valence-electron chi connectivity index (χ0n) is 12.6. The van der Waals surface area contributed by atoms with Crippen molar-refractivity contribution in [1.82, 2.24) is 10.6 Å². The van der Waals surface area contributed by atoms with E-state index in [-0.39, 0.29) is 0 Å². The van der Waals surface area contributed by atoms with Gasteiger partial charge in [0.05, 0.1) is 0 Å². The largest absolute Gasteiger partial charge is 0.314 e. The predicted molar refractivity (Wildman–Crippen MR) is 78.9 cm³/mol. The standard InChI is InChI=1S/C16H32N2/c1-15(2)10-7-14(13-15)18-12-11-16(17-3)8-5-4-6-9-16/h14,17-18H,4-13H2,1-3H3. The third-order valence-electron chi connectivity index (χ3n) is 5.35. The minimum Gasteiger partial charge on any atom is -0.314 e. The minimum absolute atomic E-state index is 0.444. The van der Waals surface area contributed by atoms with Gasteiger partial charge >= 0.3 is 0 Å². The Morgan fingerprint density at radius 2 is 1.78 bits per heavy atom. The molecule has 106 valence electrons. The van der Waals surface area contributed by atoms with Crippen molar-refractivity contribution in [2.45, 2.75) is 83.2 Å². The molecule has 0 aromatic heterocycles. The fourth-order valence-corrected chi connectivity index (χ4v) is 3.98. The van der Waals surface area contributed by atoms with Crippen LogP contribution in [0.5, 0.6) is 0 Å². The van der Waals surface area contributed by atoms with E-state index in [4.69, 9.17) is 0 Å². The quantitative estimate of drug-likeness (QED) is 0.783. The summed E-state index contributed by atoms with van der Waals surface area (Å²) in [5, 5.41) is 7.42. The van der Waals surface area contributed by atoms with Gasteiger partial charge in [-0.2, -0.15) is 0 Å². The highest BCUT2D eigenvalue weighted by Crippen LogP contribution is 2.37. The van der Waals surface area contributed by atoms with Gasteiger partial charge in [-0.15, -0.1) is 0 Å². The van der Waals surface area contributed by atoms with Crippen LogP contribution in [-0.2, 0) is 0 Å². The summed E-state index contributed by atoms with van der Waals surface area (Å²) in [4.78, 5) is 0. The summed E-state index contributed by atoms with van der Waals surface area (Å²) in [6.07, 6.45) is 12.5. The Bertz CT molecular complexity index is 254. The molecule has 0 heterocycles. The van der Waals surface area contributed by atoms with Gasteiger partial charge in [0, 0.05) is 11.6 Å². The van der Waals surface area contributed by atoms with Crippen molar-refractivity contribution >= 4 is 0 Å². The summed E-state index contributed by atoms with van der Waals surface area (Å²) in [5.41, 5.74) is 1.02. The molecule has 0 aromatic rings. The highest BCUT2D eigenvalue weighted by molar-refractivity contribution is 4.91. The third kappa shape index (κ3) is 3.71. The van der Waals surface area contributed by atoms with Crippen molar-refractivity contribution in [3.05, 3.63) is 0 Å². The molecule has 18 heavy (non-hydrogen) atoms. The summed E-state index contributed by atoms with van der Waals surface area (Å²) >= 11 is 0. The van der Waals surface area contributed by atoms with Crippen molar-refractivity contribution < 1.29 is 0 Å². The van der Waals surface area contributed by atoms with E-state index in [1.165, 1.54) is 64.3 Å². The van der Waals surface area contributed by atoms with Crippen molar-refractivity contribution in [3.8, 4) is 0 Å². The molecule has 0 bridgehead atoms. The monoisotopic (exact) mass is 252 g/mol.